The number of hydrogen-bond donors (Lipinski definition) is 1. The molecule has 0 bridgehead atoms. The van der Waals surface area contributed by atoms with Gasteiger partial charge in [-0.05, 0) is 57.1 Å². The van der Waals surface area contributed by atoms with E-state index in [4.69, 9.17) is 0 Å². The molecular weight excluding hydrogens is 272 g/mol. The van der Waals surface area contributed by atoms with Crippen LogP contribution < -0.4 is 5.32 Å². The lowest BCUT2D eigenvalue weighted by molar-refractivity contribution is -0.123. The Morgan fingerprint density at radius 1 is 1.36 bits per heavy atom. The topological polar surface area (TPSA) is 42.0 Å². The van der Waals surface area contributed by atoms with E-state index in [0.29, 0.717) is 5.92 Å². The fraction of sp³-hybridized carbons (Fsp3) is 0.579. The van der Waals surface area contributed by atoms with Gasteiger partial charge in [0.2, 0.25) is 5.91 Å². The molecule has 2 atom stereocenters. The Balaban J connectivity index is 1.76. The summed E-state index contributed by atoms with van der Waals surface area (Å²) in [6.07, 6.45) is 4.08. The highest BCUT2D eigenvalue weighted by molar-refractivity contribution is 5.83. The number of hydrogen-bond acceptors (Lipinski definition) is 2. The average molecular weight is 300 g/mol. The van der Waals surface area contributed by atoms with E-state index in [0.717, 1.165) is 30.8 Å². The zero-order valence-electron chi connectivity index (χ0n) is 14.4. The Hall–Kier alpha value is -1.64. The third kappa shape index (κ3) is 3.96. The summed E-state index contributed by atoms with van der Waals surface area (Å²) in [6.45, 7) is 11.3. The van der Waals surface area contributed by atoms with Crippen LogP contribution in [0.4, 0.5) is 0 Å². The highest BCUT2D eigenvalue weighted by Gasteiger charge is 2.60. The van der Waals surface area contributed by atoms with Crippen molar-refractivity contribution in [1.29, 1.82) is 0 Å². The largest absolute Gasteiger partial charge is 0.356 e. The van der Waals surface area contributed by atoms with Crippen molar-refractivity contribution in [1.82, 2.24) is 10.3 Å². The molecule has 2 unspecified atom stereocenters. The van der Waals surface area contributed by atoms with Gasteiger partial charge in [-0.25, -0.2) is 0 Å². The summed E-state index contributed by atoms with van der Waals surface area (Å²) >= 11 is 0. The smallest absolute Gasteiger partial charge is 0.224 e. The first-order valence-corrected chi connectivity index (χ1v) is 8.17. The molecule has 1 aliphatic rings. The van der Waals surface area contributed by atoms with Crippen molar-refractivity contribution in [3.05, 3.63) is 41.2 Å². The fourth-order valence-corrected chi connectivity index (χ4v) is 3.18. The number of pyridine rings is 1. The van der Waals surface area contributed by atoms with Gasteiger partial charge in [0.25, 0.3) is 0 Å². The summed E-state index contributed by atoms with van der Waals surface area (Å²) in [6, 6.07) is 6.08. The lowest BCUT2D eigenvalue weighted by Gasteiger charge is -2.06. The van der Waals surface area contributed by atoms with Crippen molar-refractivity contribution in [2.75, 3.05) is 6.54 Å². The van der Waals surface area contributed by atoms with Gasteiger partial charge < -0.3 is 5.32 Å². The summed E-state index contributed by atoms with van der Waals surface area (Å²) in [5.41, 5.74) is 3.53. The fourth-order valence-electron chi connectivity index (χ4n) is 3.18. The van der Waals surface area contributed by atoms with Gasteiger partial charge in [0, 0.05) is 17.9 Å². The van der Waals surface area contributed by atoms with Gasteiger partial charge in [0.1, 0.15) is 0 Å². The van der Waals surface area contributed by atoms with Crippen LogP contribution in [0.3, 0.4) is 0 Å². The maximum absolute atomic E-state index is 12.3. The molecule has 1 amide bonds. The van der Waals surface area contributed by atoms with Gasteiger partial charge in [-0.15, -0.1) is 0 Å². The molecule has 0 saturated heterocycles. The summed E-state index contributed by atoms with van der Waals surface area (Å²) in [5.74, 6) is 0.708. The van der Waals surface area contributed by atoms with Gasteiger partial charge in [-0.1, -0.05) is 31.6 Å². The van der Waals surface area contributed by atoms with E-state index in [1.807, 2.05) is 25.1 Å². The zero-order valence-corrected chi connectivity index (χ0v) is 14.4. The van der Waals surface area contributed by atoms with E-state index in [1.54, 1.807) is 0 Å². The van der Waals surface area contributed by atoms with Crippen molar-refractivity contribution < 1.29 is 4.79 Å². The SMILES string of the molecule is CC(C)=CC1C(C(=O)NCCCc2cccc(C)n2)C1(C)C. The molecule has 3 heteroatoms. The van der Waals surface area contributed by atoms with Crippen molar-refractivity contribution in [2.45, 2.75) is 47.5 Å². The quantitative estimate of drug-likeness (QED) is 0.643. The number of carbonyl (C=O) groups excluding carboxylic acids is 1. The molecule has 3 nitrogen and oxygen atoms in total. The second kappa shape index (κ2) is 6.64. The first-order chi connectivity index (χ1) is 10.3. The maximum Gasteiger partial charge on any atom is 0.224 e. The molecule has 0 radical (unpaired) electrons. The monoisotopic (exact) mass is 300 g/mol. The number of amides is 1. The number of allylic oxidation sites excluding steroid dienone is 2. The summed E-state index contributed by atoms with van der Waals surface area (Å²) in [5, 5.41) is 3.09. The molecular formula is C19H28N2O. The number of nitrogens with one attached hydrogen (secondary N) is 1. The number of carbonyl (C=O) groups is 1. The minimum Gasteiger partial charge on any atom is -0.356 e. The number of nitrogens with zero attached hydrogens (tertiary/aromatic N) is 1. The molecule has 1 fully saturated rings. The van der Waals surface area contributed by atoms with Crippen LogP contribution in [0.5, 0.6) is 0 Å². The van der Waals surface area contributed by atoms with Gasteiger partial charge in [0.15, 0.2) is 0 Å². The molecule has 1 saturated carbocycles. The Labute approximate surface area is 134 Å². The third-order valence-electron chi connectivity index (χ3n) is 4.56. The predicted molar refractivity (Wildman–Crippen MR) is 90.5 cm³/mol. The van der Waals surface area contributed by atoms with Crippen molar-refractivity contribution in [2.24, 2.45) is 17.3 Å². The molecule has 2 rings (SSSR count). The first kappa shape index (κ1) is 16.7. The summed E-state index contributed by atoms with van der Waals surface area (Å²) < 4.78 is 0. The molecule has 0 aliphatic heterocycles. The van der Waals surface area contributed by atoms with Crippen molar-refractivity contribution in [3.63, 3.8) is 0 Å². The number of rotatable bonds is 6. The molecule has 120 valence electrons. The van der Waals surface area contributed by atoms with Crippen LogP contribution in [0, 0.1) is 24.2 Å². The Bertz CT molecular complexity index is 571. The van der Waals surface area contributed by atoms with E-state index >= 15 is 0 Å². The predicted octanol–water partition coefficient (Wildman–Crippen LogP) is 3.68. The van der Waals surface area contributed by atoms with E-state index in [1.165, 1.54) is 5.57 Å². The van der Waals surface area contributed by atoms with Crippen LogP contribution in [-0.4, -0.2) is 17.4 Å². The molecule has 0 spiro atoms. The van der Waals surface area contributed by atoms with Gasteiger partial charge in [-0.3, -0.25) is 9.78 Å². The molecule has 1 N–H and O–H groups in total. The van der Waals surface area contributed by atoms with E-state index in [-0.39, 0.29) is 17.2 Å². The van der Waals surface area contributed by atoms with Crippen LogP contribution in [0.2, 0.25) is 0 Å². The second-order valence-corrected chi connectivity index (χ2v) is 7.23. The molecule has 1 aromatic rings. The summed E-state index contributed by atoms with van der Waals surface area (Å²) in [7, 11) is 0. The zero-order chi connectivity index (χ0) is 16.3. The van der Waals surface area contributed by atoms with E-state index in [9.17, 15) is 4.79 Å². The normalized spacial score (nSPS) is 22.0. The molecule has 22 heavy (non-hydrogen) atoms. The van der Waals surface area contributed by atoms with Crippen LogP contribution in [-0.2, 0) is 11.2 Å². The van der Waals surface area contributed by atoms with E-state index < -0.39 is 0 Å². The maximum atomic E-state index is 12.3. The second-order valence-electron chi connectivity index (χ2n) is 7.23. The minimum absolute atomic E-state index is 0.0967. The Morgan fingerprint density at radius 2 is 2.09 bits per heavy atom. The number of aryl methyl sites for hydroxylation is 2. The molecule has 1 aromatic heterocycles. The standard InChI is InChI=1S/C19H28N2O/c1-13(2)12-16-17(19(16,4)5)18(22)20-11-7-10-15-9-6-8-14(3)21-15/h6,8-9,12,16-17H,7,10-11H2,1-5H3,(H,20,22). The average Bonchev–Trinajstić information content (AvgIpc) is 2.95. The summed E-state index contributed by atoms with van der Waals surface area (Å²) in [4.78, 5) is 16.8. The Kier molecular flexibility index (Phi) is 5.05. The first-order valence-electron chi connectivity index (χ1n) is 8.17. The third-order valence-corrected chi connectivity index (χ3v) is 4.56. The molecule has 1 heterocycles. The highest BCUT2D eigenvalue weighted by atomic mass is 16.2. The van der Waals surface area contributed by atoms with Crippen LogP contribution in [0.1, 0.15) is 45.5 Å². The molecule has 0 aromatic carbocycles. The lowest BCUT2D eigenvalue weighted by atomic mass is 10.1. The lowest BCUT2D eigenvalue weighted by Crippen LogP contribution is -2.28. The molecule has 1 aliphatic carbocycles. The van der Waals surface area contributed by atoms with Crippen LogP contribution in [0.25, 0.3) is 0 Å². The minimum atomic E-state index is 0.0967. The van der Waals surface area contributed by atoms with Gasteiger partial charge in [0.05, 0.1) is 5.92 Å². The van der Waals surface area contributed by atoms with Crippen molar-refractivity contribution >= 4 is 5.91 Å². The Morgan fingerprint density at radius 3 is 2.73 bits per heavy atom. The highest BCUT2D eigenvalue weighted by Crippen LogP contribution is 2.59. The van der Waals surface area contributed by atoms with Crippen LogP contribution in [0.15, 0.2) is 29.8 Å². The van der Waals surface area contributed by atoms with Gasteiger partial charge in [-0.2, -0.15) is 0 Å². The van der Waals surface area contributed by atoms with Gasteiger partial charge >= 0.3 is 0 Å². The van der Waals surface area contributed by atoms with Crippen molar-refractivity contribution in [3.8, 4) is 0 Å². The van der Waals surface area contributed by atoms with E-state index in [2.05, 4.69) is 44.1 Å². The van der Waals surface area contributed by atoms with Crippen LogP contribution >= 0.6 is 0 Å². The number of aromatic nitrogens is 1.